The summed E-state index contributed by atoms with van der Waals surface area (Å²) in [6.07, 6.45) is 0.636. The lowest BCUT2D eigenvalue weighted by atomic mass is 9.71. The molecular formula is C25H26N2O4. The van der Waals surface area contributed by atoms with Crippen molar-refractivity contribution in [2.45, 2.75) is 45.3 Å². The number of nitrogens with one attached hydrogen (secondary N) is 1. The first kappa shape index (κ1) is 21.1. The number of carbonyl (C=O) groups is 1. The molecule has 31 heavy (non-hydrogen) atoms. The number of nitrogens with zero attached hydrogens (tertiary/aromatic N) is 1. The van der Waals surface area contributed by atoms with E-state index in [1.54, 1.807) is 26.0 Å². The second kappa shape index (κ2) is 7.52. The maximum Gasteiger partial charge on any atom is 0.195 e. The summed E-state index contributed by atoms with van der Waals surface area (Å²) in [5, 5.41) is 19.6. The van der Waals surface area contributed by atoms with Crippen LogP contribution < -0.4 is 4.74 Å². The summed E-state index contributed by atoms with van der Waals surface area (Å²) in [6, 6.07) is 13.1. The number of H-pyrrole nitrogens is 1. The minimum absolute atomic E-state index is 0.0228. The number of hydrogen-bond acceptors (Lipinski definition) is 5. The van der Waals surface area contributed by atoms with Crippen molar-refractivity contribution in [1.82, 2.24) is 4.98 Å². The molecular weight excluding hydrogens is 392 g/mol. The molecule has 0 saturated heterocycles. The van der Waals surface area contributed by atoms with Crippen LogP contribution in [0.5, 0.6) is 5.75 Å². The quantitative estimate of drug-likeness (QED) is 0.456. The van der Waals surface area contributed by atoms with Gasteiger partial charge in [0.05, 0.1) is 30.4 Å². The van der Waals surface area contributed by atoms with Gasteiger partial charge in [-0.3, -0.25) is 4.79 Å². The number of ether oxygens (including phenoxy) is 2. The number of aromatic nitrogens is 1. The summed E-state index contributed by atoms with van der Waals surface area (Å²) in [7, 11) is 0. The number of hydrogen-bond donors (Lipinski definition) is 2. The van der Waals surface area contributed by atoms with E-state index in [4.69, 9.17) is 9.47 Å². The van der Waals surface area contributed by atoms with Crippen LogP contribution in [-0.2, 0) is 10.2 Å². The monoisotopic (exact) mass is 418 g/mol. The van der Waals surface area contributed by atoms with Crippen molar-refractivity contribution >= 4 is 16.7 Å². The standard InChI is InChI=1S/C25H26N2O4/c1-24(2)19-13-16(30-10-5-11-31-25(3,4)29)7-9-17(19)22(28)21-18-8-6-15(14-26)12-20(18)27-23(21)24/h6-9,12-13,27,29H,5,10-11H2,1-4H3. The van der Waals surface area contributed by atoms with Crippen LogP contribution in [0.1, 0.15) is 66.9 Å². The number of carbonyl (C=O) groups excluding carboxylic acids is 1. The number of nitriles is 1. The Morgan fingerprint density at radius 1 is 1.16 bits per heavy atom. The van der Waals surface area contributed by atoms with Crippen LogP contribution in [0.25, 0.3) is 10.9 Å². The molecule has 3 aromatic rings. The first-order valence-corrected chi connectivity index (χ1v) is 10.4. The van der Waals surface area contributed by atoms with Crippen LogP contribution in [0.3, 0.4) is 0 Å². The first-order valence-electron chi connectivity index (χ1n) is 10.4. The second-order valence-electron chi connectivity index (χ2n) is 8.91. The summed E-state index contributed by atoms with van der Waals surface area (Å²) in [5.41, 5.74) is 4.01. The minimum atomic E-state index is -1.15. The smallest absolute Gasteiger partial charge is 0.195 e. The molecule has 0 amide bonds. The van der Waals surface area contributed by atoms with Gasteiger partial charge in [0.25, 0.3) is 0 Å². The van der Waals surface area contributed by atoms with E-state index in [1.807, 2.05) is 24.3 Å². The fourth-order valence-corrected chi connectivity index (χ4v) is 4.14. The van der Waals surface area contributed by atoms with E-state index in [9.17, 15) is 15.2 Å². The van der Waals surface area contributed by atoms with Gasteiger partial charge in [0.2, 0.25) is 0 Å². The fraction of sp³-hybridized carbons (Fsp3) is 0.360. The first-order chi connectivity index (χ1) is 14.6. The Labute approximate surface area is 181 Å². The largest absolute Gasteiger partial charge is 0.493 e. The van der Waals surface area contributed by atoms with Gasteiger partial charge in [-0.2, -0.15) is 5.26 Å². The Bertz CT molecular complexity index is 1210. The van der Waals surface area contributed by atoms with Gasteiger partial charge in [-0.05, 0) is 49.7 Å². The maximum atomic E-state index is 13.4. The molecule has 0 unspecified atom stereocenters. The van der Waals surface area contributed by atoms with Crippen molar-refractivity contribution in [3.05, 3.63) is 64.3 Å². The van der Waals surface area contributed by atoms with E-state index >= 15 is 0 Å². The zero-order chi connectivity index (χ0) is 22.4. The van der Waals surface area contributed by atoms with E-state index in [0.29, 0.717) is 42.1 Å². The molecule has 6 nitrogen and oxygen atoms in total. The molecule has 0 radical (unpaired) electrons. The van der Waals surface area contributed by atoms with Gasteiger partial charge in [-0.15, -0.1) is 0 Å². The predicted molar refractivity (Wildman–Crippen MR) is 117 cm³/mol. The molecule has 1 aromatic heterocycles. The van der Waals surface area contributed by atoms with Crippen LogP contribution in [0.15, 0.2) is 36.4 Å². The third-order valence-corrected chi connectivity index (χ3v) is 5.70. The molecule has 2 N–H and O–H groups in total. The van der Waals surface area contributed by atoms with Gasteiger partial charge in [0, 0.05) is 34.0 Å². The highest BCUT2D eigenvalue weighted by Crippen LogP contribution is 2.44. The average molecular weight is 418 g/mol. The second-order valence-corrected chi connectivity index (χ2v) is 8.91. The van der Waals surface area contributed by atoms with Crippen molar-refractivity contribution in [3.8, 4) is 11.8 Å². The third-order valence-electron chi connectivity index (χ3n) is 5.70. The molecule has 0 atom stereocenters. The topological polar surface area (TPSA) is 95.3 Å². The van der Waals surface area contributed by atoms with E-state index in [0.717, 1.165) is 22.2 Å². The molecule has 4 rings (SSSR count). The molecule has 6 heteroatoms. The lowest BCUT2D eigenvalue weighted by Gasteiger charge is -2.32. The number of aromatic amines is 1. The van der Waals surface area contributed by atoms with Gasteiger partial charge in [-0.1, -0.05) is 19.9 Å². The highest BCUT2D eigenvalue weighted by Gasteiger charge is 2.39. The Hall–Kier alpha value is -3.14. The minimum Gasteiger partial charge on any atom is -0.493 e. The van der Waals surface area contributed by atoms with Gasteiger partial charge in [0.15, 0.2) is 11.6 Å². The number of ketones is 1. The van der Waals surface area contributed by atoms with Gasteiger partial charge >= 0.3 is 0 Å². The van der Waals surface area contributed by atoms with E-state index in [-0.39, 0.29) is 5.78 Å². The molecule has 1 heterocycles. The third kappa shape index (κ3) is 3.83. The number of rotatable bonds is 6. The van der Waals surface area contributed by atoms with Crippen molar-refractivity contribution < 1.29 is 19.4 Å². The zero-order valence-corrected chi connectivity index (χ0v) is 18.2. The van der Waals surface area contributed by atoms with Crippen LogP contribution in [-0.4, -0.2) is 34.9 Å². The predicted octanol–water partition coefficient (Wildman–Crippen LogP) is 4.42. The summed E-state index contributed by atoms with van der Waals surface area (Å²) < 4.78 is 11.2. The maximum absolute atomic E-state index is 13.4. The normalized spacial score (nSPS) is 14.8. The lowest BCUT2D eigenvalue weighted by Crippen LogP contribution is -2.30. The molecule has 0 saturated carbocycles. The van der Waals surface area contributed by atoms with E-state index in [2.05, 4.69) is 24.9 Å². The van der Waals surface area contributed by atoms with Gasteiger partial charge in [-0.25, -0.2) is 0 Å². The highest BCUT2D eigenvalue weighted by atomic mass is 16.6. The van der Waals surface area contributed by atoms with E-state index < -0.39 is 11.2 Å². The average Bonchev–Trinajstić information content (AvgIpc) is 3.11. The lowest BCUT2D eigenvalue weighted by molar-refractivity contribution is -0.176. The number of benzene rings is 2. The summed E-state index contributed by atoms with van der Waals surface area (Å²) in [6.45, 7) is 8.18. The molecule has 0 fully saturated rings. The molecule has 0 aliphatic heterocycles. The van der Waals surface area contributed by atoms with Crippen LogP contribution >= 0.6 is 0 Å². The Morgan fingerprint density at radius 2 is 1.94 bits per heavy atom. The van der Waals surface area contributed by atoms with Crippen molar-refractivity contribution in [3.63, 3.8) is 0 Å². The molecule has 0 spiro atoms. The molecule has 1 aliphatic rings. The number of fused-ring (bicyclic) bond motifs is 4. The number of aliphatic hydroxyl groups is 1. The highest BCUT2D eigenvalue weighted by molar-refractivity contribution is 6.20. The van der Waals surface area contributed by atoms with Crippen molar-refractivity contribution in [1.29, 1.82) is 5.26 Å². The van der Waals surface area contributed by atoms with E-state index in [1.165, 1.54) is 0 Å². The van der Waals surface area contributed by atoms with Crippen molar-refractivity contribution in [2.75, 3.05) is 13.2 Å². The fourth-order valence-electron chi connectivity index (χ4n) is 4.14. The summed E-state index contributed by atoms with van der Waals surface area (Å²) in [5.74, 6) is -0.485. The zero-order valence-electron chi connectivity index (χ0n) is 18.2. The van der Waals surface area contributed by atoms with Gasteiger partial charge in [0.1, 0.15) is 5.75 Å². The summed E-state index contributed by atoms with van der Waals surface area (Å²) in [4.78, 5) is 16.8. The Balaban J connectivity index is 1.62. The van der Waals surface area contributed by atoms with Crippen molar-refractivity contribution in [2.24, 2.45) is 0 Å². The SMILES string of the molecule is CC(C)(O)OCCCOc1ccc2c(c1)C(C)(C)c1[nH]c3cc(C#N)ccc3c1C2=O. The van der Waals surface area contributed by atoms with Crippen LogP contribution in [0.4, 0.5) is 0 Å². The van der Waals surface area contributed by atoms with Crippen LogP contribution in [0.2, 0.25) is 0 Å². The Kier molecular flexibility index (Phi) is 5.12. The van der Waals surface area contributed by atoms with Crippen LogP contribution in [0, 0.1) is 11.3 Å². The Morgan fingerprint density at radius 3 is 2.65 bits per heavy atom. The summed E-state index contributed by atoms with van der Waals surface area (Å²) >= 11 is 0. The van der Waals surface area contributed by atoms with Gasteiger partial charge < -0.3 is 19.6 Å². The molecule has 0 bridgehead atoms. The molecule has 1 aliphatic carbocycles. The molecule has 2 aromatic carbocycles. The molecule has 160 valence electrons.